The minimum Gasteiger partial charge on any atom is -0.491 e. The highest BCUT2D eigenvalue weighted by atomic mass is 32.2. The van der Waals surface area contributed by atoms with Crippen LogP contribution in [-0.4, -0.2) is 42.3 Å². The van der Waals surface area contributed by atoms with Gasteiger partial charge in [0.1, 0.15) is 5.75 Å². The Labute approximate surface area is 172 Å². The standard InChI is InChI=1S/C20H31NO7S/c22-19(13-6-4-2-1-3-5-9-16-29(25,26)27)21-17-11-7-8-12-18(17)28-15-10-14-20(23)24/h7-8,11-12H,1-6,9-10,13-16H2,(H,21,22)(H,23,24)(H,25,26,27). The molecule has 0 heterocycles. The van der Waals surface area contributed by atoms with Crippen molar-refractivity contribution in [2.45, 2.75) is 64.2 Å². The number of carbonyl (C=O) groups excluding carboxylic acids is 1. The van der Waals surface area contributed by atoms with Crippen LogP contribution in [0.1, 0.15) is 64.2 Å². The molecule has 1 aromatic carbocycles. The molecule has 1 amide bonds. The largest absolute Gasteiger partial charge is 0.491 e. The molecule has 164 valence electrons. The van der Waals surface area contributed by atoms with E-state index in [4.69, 9.17) is 14.4 Å². The fraction of sp³-hybridized carbons (Fsp3) is 0.600. The van der Waals surface area contributed by atoms with Gasteiger partial charge in [0.15, 0.2) is 0 Å². The van der Waals surface area contributed by atoms with E-state index in [0.29, 0.717) is 30.7 Å². The first kappa shape index (κ1) is 24.9. The number of hydrogen-bond donors (Lipinski definition) is 3. The Balaban J connectivity index is 2.17. The van der Waals surface area contributed by atoms with Crippen LogP contribution in [0.4, 0.5) is 5.69 Å². The molecule has 1 rings (SSSR count). The van der Waals surface area contributed by atoms with Gasteiger partial charge in [0.2, 0.25) is 5.91 Å². The molecule has 0 fully saturated rings. The van der Waals surface area contributed by atoms with Gasteiger partial charge in [-0.3, -0.25) is 14.1 Å². The number of hydrogen-bond acceptors (Lipinski definition) is 5. The summed E-state index contributed by atoms with van der Waals surface area (Å²) in [5.41, 5.74) is 0.576. The van der Waals surface area contributed by atoms with Crippen LogP contribution in [0.5, 0.6) is 5.75 Å². The molecule has 0 saturated carbocycles. The lowest BCUT2D eigenvalue weighted by molar-refractivity contribution is -0.137. The minimum absolute atomic E-state index is 0.0368. The van der Waals surface area contributed by atoms with Crippen molar-refractivity contribution in [2.75, 3.05) is 17.7 Å². The summed E-state index contributed by atoms with van der Waals surface area (Å²) in [5.74, 6) is -0.623. The lowest BCUT2D eigenvalue weighted by atomic mass is 10.1. The van der Waals surface area contributed by atoms with Gasteiger partial charge in [-0.15, -0.1) is 0 Å². The summed E-state index contributed by atoms with van der Waals surface area (Å²) >= 11 is 0. The maximum atomic E-state index is 12.1. The van der Waals surface area contributed by atoms with E-state index in [1.807, 2.05) is 0 Å². The van der Waals surface area contributed by atoms with Gasteiger partial charge in [0, 0.05) is 12.8 Å². The molecule has 29 heavy (non-hydrogen) atoms. The third-order valence-corrected chi connectivity index (χ3v) is 5.06. The highest BCUT2D eigenvalue weighted by Gasteiger charge is 2.08. The summed E-state index contributed by atoms with van der Waals surface area (Å²) in [6.45, 7) is 0.267. The molecular formula is C20H31NO7S. The highest BCUT2D eigenvalue weighted by molar-refractivity contribution is 7.85. The van der Waals surface area contributed by atoms with E-state index in [9.17, 15) is 18.0 Å². The lowest BCUT2D eigenvalue weighted by Gasteiger charge is -2.12. The van der Waals surface area contributed by atoms with Crippen molar-refractivity contribution in [3.05, 3.63) is 24.3 Å². The molecule has 0 unspecified atom stereocenters. The van der Waals surface area contributed by atoms with Crippen LogP contribution in [0.2, 0.25) is 0 Å². The van der Waals surface area contributed by atoms with Gasteiger partial charge < -0.3 is 15.2 Å². The molecule has 0 atom stereocenters. The van der Waals surface area contributed by atoms with Crippen molar-refractivity contribution in [2.24, 2.45) is 0 Å². The van der Waals surface area contributed by atoms with E-state index in [-0.39, 0.29) is 24.7 Å². The number of ether oxygens (including phenoxy) is 1. The number of carboxylic acids is 1. The monoisotopic (exact) mass is 429 g/mol. The van der Waals surface area contributed by atoms with Gasteiger partial charge >= 0.3 is 5.97 Å². The first-order valence-corrected chi connectivity index (χ1v) is 11.6. The van der Waals surface area contributed by atoms with Crippen molar-refractivity contribution in [3.63, 3.8) is 0 Å². The molecule has 0 aliphatic carbocycles. The molecule has 0 bridgehead atoms. The number of carbonyl (C=O) groups is 2. The van der Waals surface area contributed by atoms with Crippen LogP contribution in [-0.2, 0) is 19.7 Å². The van der Waals surface area contributed by atoms with Gasteiger partial charge in [0.05, 0.1) is 18.0 Å². The number of aliphatic carboxylic acids is 1. The van der Waals surface area contributed by atoms with Gasteiger partial charge in [-0.1, -0.05) is 44.2 Å². The molecule has 0 aliphatic rings. The van der Waals surface area contributed by atoms with Crippen LogP contribution in [0.3, 0.4) is 0 Å². The summed E-state index contributed by atoms with van der Waals surface area (Å²) in [6.07, 6.45) is 6.61. The van der Waals surface area contributed by atoms with Crippen molar-refractivity contribution >= 4 is 27.7 Å². The maximum absolute atomic E-state index is 12.1. The molecule has 0 aliphatic heterocycles. The summed E-state index contributed by atoms with van der Waals surface area (Å²) < 4.78 is 35.4. The second-order valence-corrected chi connectivity index (χ2v) is 8.47. The zero-order valence-corrected chi connectivity index (χ0v) is 17.5. The van der Waals surface area contributed by atoms with Crippen molar-refractivity contribution in [1.29, 1.82) is 0 Å². The molecule has 0 saturated heterocycles. The molecule has 0 radical (unpaired) electrons. The Hall–Kier alpha value is -2.13. The Morgan fingerprint density at radius 2 is 1.52 bits per heavy atom. The third kappa shape index (κ3) is 13.6. The first-order chi connectivity index (χ1) is 13.8. The van der Waals surface area contributed by atoms with Gasteiger partial charge in [-0.25, -0.2) is 0 Å². The van der Waals surface area contributed by atoms with Crippen molar-refractivity contribution < 1.29 is 32.4 Å². The van der Waals surface area contributed by atoms with Crippen LogP contribution >= 0.6 is 0 Å². The van der Waals surface area contributed by atoms with Gasteiger partial charge in [-0.05, 0) is 31.4 Å². The smallest absolute Gasteiger partial charge is 0.303 e. The number of amides is 1. The van der Waals surface area contributed by atoms with E-state index >= 15 is 0 Å². The van der Waals surface area contributed by atoms with E-state index in [2.05, 4.69) is 5.32 Å². The fourth-order valence-electron chi connectivity index (χ4n) is 2.77. The Morgan fingerprint density at radius 3 is 2.17 bits per heavy atom. The van der Waals surface area contributed by atoms with Crippen molar-refractivity contribution in [1.82, 2.24) is 0 Å². The summed E-state index contributed by atoms with van der Waals surface area (Å²) in [7, 11) is -3.85. The number of carboxylic acid groups (broad SMARTS) is 1. The normalized spacial score (nSPS) is 11.2. The number of nitrogens with one attached hydrogen (secondary N) is 1. The topological polar surface area (TPSA) is 130 Å². The number of unbranched alkanes of at least 4 members (excludes halogenated alkanes) is 6. The molecular weight excluding hydrogens is 398 g/mol. The average molecular weight is 430 g/mol. The van der Waals surface area contributed by atoms with Gasteiger partial charge in [0.25, 0.3) is 10.1 Å². The Bertz CT molecular complexity index is 734. The third-order valence-electron chi connectivity index (χ3n) is 4.26. The summed E-state index contributed by atoms with van der Waals surface area (Å²) in [5, 5.41) is 11.5. The first-order valence-electron chi connectivity index (χ1n) is 9.96. The number of anilines is 1. The minimum atomic E-state index is -3.85. The SMILES string of the molecule is O=C(O)CCCOc1ccccc1NC(=O)CCCCCCCCCS(=O)(=O)O. The highest BCUT2D eigenvalue weighted by Crippen LogP contribution is 2.24. The summed E-state index contributed by atoms with van der Waals surface area (Å²) in [6, 6.07) is 7.06. The second-order valence-electron chi connectivity index (χ2n) is 6.90. The Kier molecular flexibility index (Phi) is 12.0. The second kappa shape index (κ2) is 13.9. The molecule has 3 N–H and O–H groups in total. The van der Waals surface area contributed by atoms with Gasteiger partial charge in [-0.2, -0.15) is 8.42 Å². The van der Waals surface area contributed by atoms with E-state index < -0.39 is 16.1 Å². The van der Waals surface area contributed by atoms with E-state index in [1.165, 1.54) is 0 Å². The van der Waals surface area contributed by atoms with Crippen LogP contribution in [0, 0.1) is 0 Å². The molecule has 8 nitrogen and oxygen atoms in total. The predicted molar refractivity (Wildman–Crippen MR) is 111 cm³/mol. The quantitative estimate of drug-likeness (QED) is 0.268. The molecule has 1 aromatic rings. The summed E-state index contributed by atoms with van der Waals surface area (Å²) in [4.78, 5) is 22.7. The number of para-hydroxylation sites is 2. The predicted octanol–water partition coefficient (Wildman–Crippen LogP) is 3.88. The molecule has 9 heteroatoms. The number of rotatable bonds is 16. The van der Waals surface area contributed by atoms with Crippen LogP contribution in [0.25, 0.3) is 0 Å². The van der Waals surface area contributed by atoms with E-state index in [0.717, 1.165) is 38.5 Å². The average Bonchev–Trinajstić information content (AvgIpc) is 2.64. The zero-order chi connectivity index (χ0) is 21.5. The maximum Gasteiger partial charge on any atom is 0.303 e. The van der Waals surface area contributed by atoms with Crippen LogP contribution < -0.4 is 10.1 Å². The van der Waals surface area contributed by atoms with Crippen LogP contribution in [0.15, 0.2) is 24.3 Å². The number of benzene rings is 1. The molecule has 0 spiro atoms. The molecule has 0 aromatic heterocycles. The fourth-order valence-corrected chi connectivity index (χ4v) is 3.34. The zero-order valence-electron chi connectivity index (χ0n) is 16.6. The van der Waals surface area contributed by atoms with E-state index in [1.54, 1.807) is 24.3 Å². The Morgan fingerprint density at radius 1 is 0.897 bits per heavy atom. The lowest BCUT2D eigenvalue weighted by Crippen LogP contribution is -2.12. The van der Waals surface area contributed by atoms with Crippen molar-refractivity contribution in [3.8, 4) is 5.75 Å².